The number of nitrogens with one attached hydrogen (secondary N) is 10. The van der Waals surface area contributed by atoms with Gasteiger partial charge in [-0.1, -0.05) is 125 Å². The van der Waals surface area contributed by atoms with Crippen LogP contribution in [0.15, 0.2) is 128 Å². The number of phenolic OH excluding ortho intramolecular Hbond substituents is 1. The van der Waals surface area contributed by atoms with Crippen LogP contribution < -0.4 is 59.3 Å². The molecular formula is C91H112F3N17O23S. The third kappa shape index (κ3) is 29.0. The molecule has 0 radical (unpaired) electrons. The molecule has 0 aliphatic carbocycles. The molecule has 6 aromatic rings. The van der Waals surface area contributed by atoms with Crippen LogP contribution >= 0.6 is 11.8 Å². The molecule has 1 aromatic heterocycles. The number of fused-ring (bicyclic) bond motifs is 3. The molecular weight excluding hydrogens is 1790 g/mol. The first-order valence-corrected chi connectivity index (χ1v) is 44.8. The number of hydrogen-bond acceptors (Lipinski definition) is 22. The molecule has 9 rings (SSSR count). The van der Waals surface area contributed by atoms with Crippen molar-refractivity contribution in [3.05, 3.63) is 173 Å². The largest absolute Gasteiger partial charge is 0.508 e. The van der Waals surface area contributed by atoms with E-state index in [9.17, 15) is 73.1 Å². The van der Waals surface area contributed by atoms with Crippen molar-refractivity contribution < 1.29 is 125 Å². The summed E-state index contributed by atoms with van der Waals surface area (Å²) >= 11 is 0.567. The number of primary amides is 2. The molecule has 44 heteroatoms. The minimum Gasteiger partial charge on any atom is -0.508 e. The summed E-state index contributed by atoms with van der Waals surface area (Å²) in [5.74, 6) is -29.7. The van der Waals surface area contributed by atoms with Gasteiger partial charge in [-0.25, -0.2) is 13.2 Å². The summed E-state index contributed by atoms with van der Waals surface area (Å²) in [6.45, 7) is 2.50. The number of nitrogens with zero attached hydrogens (tertiary/aromatic N) is 5. The SMILES string of the molecule is CCCC[C@H]1C(=O)N2C[C@H](O)C[C@@H]2C(=O)N[C@@H](CC(=O)O)C(=O)N[C@@H](C(C)C)C(=O)N(C)[C@H](Cc2ccccc2)C(=O)N[C@@H](CC(=O)O)C(=O)N2C[C@H](O)C[C@@H]2C(=O)N[C@@H](Cc2c[nH]c3ccccc23)C(=O)N[C@@H](Cc2ccc(O)cc2)C(=O)N[C@H](CCC(N)=O)C(=O)N[C@H](C(=O)NCC(N)=O)CSCC(=O)N[C@H](Cc2cc(F)c(F)c(F)c2)C(=O)N(C)[C@@H](Cc2ccccc2)C(=O)N1C. The number of aliphatic hydroxyl groups excluding tert-OH is 2. The van der Waals surface area contributed by atoms with Crippen LogP contribution in [-0.2, 0) is 118 Å². The predicted octanol–water partition coefficient (Wildman–Crippen LogP) is -1.50. The van der Waals surface area contributed by atoms with E-state index in [4.69, 9.17) is 11.5 Å². The minimum atomic E-state index is -2.14. The van der Waals surface area contributed by atoms with Crippen LogP contribution in [0.3, 0.4) is 0 Å². The summed E-state index contributed by atoms with van der Waals surface area (Å²) in [7, 11) is 3.45. The van der Waals surface area contributed by atoms with E-state index in [1.807, 2.05) is 0 Å². The van der Waals surface area contributed by atoms with Crippen molar-refractivity contribution in [3.63, 3.8) is 0 Å². The van der Waals surface area contributed by atoms with Gasteiger partial charge in [0.25, 0.3) is 0 Å². The number of nitrogens with two attached hydrogens (primary N) is 2. The number of thioether (sulfide) groups is 1. The first kappa shape index (κ1) is 105. The second-order valence-corrected chi connectivity index (χ2v) is 34.9. The lowest BCUT2D eigenvalue weighted by atomic mass is 9.98. The third-order valence-corrected chi connectivity index (χ3v) is 24.5. The number of para-hydroxylation sites is 1. The number of halogens is 3. The zero-order chi connectivity index (χ0) is 98.9. The van der Waals surface area contributed by atoms with E-state index in [-0.39, 0.29) is 30.6 Å². The van der Waals surface area contributed by atoms with Crippen LogP contribution in [0.2, 0.25) is 0 Å². The Balaban J connectivity index is 1.15. The number of amides is 16. The van der Waals surface area contributed by atoms with Gasteiger partial charge in [0.15, 0.2) is 17.5 Å². The highest BCUT2D eigenvalue weighted by molar-refractivity contribution is 8.00. The zero-order valence-corrected chi connectivity index (χ0v) is 75.6. The summed E-state index contributed by atoms with van der Waals surface area (Å²) in [5, 5.41) is 76.6. The van der Waals surface area contributed by atoms with Crippen LogP contribution in [0.4, 0.5) is 13.2 Å². The molecule has 5 aromatic carbocycles. The second-order valence-electron chi connectivity index (χ2n) is 33.8. The van der Waals surface area contributed by atoms with Gasteiger partial charge in [0.05, 0.1) is 37.3 Å². The molecule has 40 nitrogen and oxygen atoms in total. The maximum absolute atomic E-state index is 15.7. The van der Waals surface area contributed by atoms with E-state index in [1.165, 1.54) is 51.4 Å². The average molecular weight is 1900 g/mol. The van der Waals surface area contributed by atoms with E-state index < -0.39 is 321 Å². The first-order valence-electron chi connectivity index (χ1n) is 43.6. The van der Waals surface area contributed by atoms with Crippen LogP contribution in [0.1, 0.15) is 106 Å². The number of aliphatic carboxylic acids is 2. The average Bonchev–Trinajstić information content (AvgIpc) is 1.69. The Morgan fingerprint density at radius 2 is 0.985 bits per heavy atom. The highest BCUT2D eigenvalue weighted by Gasteiger charge is 2.49. The van der Waals surface area contributed by atoms with Gasteiger partial charge in [-0.15, -0.1) is 11.8 Å². The number of phenols is 1. The van der Waals surface area contributed by atoms with Gasteiger partial charge >= 0.3 is 11.9 Å². The third-order valence-electron chi connectivity index (χ3n) is 23.4. The quantitative estimate of drug-likeness (QED) is 0.0307. The van der Waals surface area contributed by atoms with Crippen molar-refractivity contribution in [1.82, 2.24) is 77.3 Å². The fourth-order valence-corrected chi connectivity index (χ4v) is 17.0. The molecule has 16 amide bonds. The summed E-state index contributed by atoms with van der Waals surface area (Å²) in [5.41, 5.74) is 12.5. The summed E-state index contributed by atoms with van der Waals surface area (Å²) in [4.78, 5) is 270. The molecule has 3 aliphatic heterocycles. The van der Waals surface area contributed by atoms with Gasteiger partial charge in [-0.05, 0) is 76.9 Å². The van der Waals surface area contributed by atoms with Crippen LogP contribution in [0, 0.1) is 23.4 Å². The summed E-state index contributed by atoms with van der Waals surface area (Å²) < 4.78 is 45.1. The Hall–Kier alpha value is -14.0. The summed E-state index contributed by atoms with van der Waals surface area (Å²) in [6, 6.07) is 4.94. The number of carbonyl (C=O) groups excluding carboxylic acids is 16. The predicted molar refractivity (Wildman–Crippen MR) is 478 cm³/mol. The van der Waals surface area contributed by atoms with Gasteiger partial charge in [0.1, 0.15) is 84.3 Å². The number of hydrogen-bond donors (Lipinski definition) is 17. The maximum Gasteiger partial charge on any atom is 0.305 e. The topological polar surface area (TPSA) is 601 Å². The molecule has 15 atom stereocenters. The lowest BCUT2D eigenvalue weighted by molar-refractivity contribution is -0.152. The van der Waals surface area contributed by atoms with E-state index in [0.717, 1.165) is 38.6 Å². The van der Waals surface area contributed by atoms with E-state index in [2.05, 4.69) is 52.8 Å². The number of aromatic hydroxyl groups is 1. The van der Waals surface area contributed by atoms with Gasteiger partial charge in [0, 0.05) is 108 Å². The number of aliphatic hydroxyl groups is 2. The zero-order valence-electron chi connectivity index (χ0n) is 74.8. The van der Waals surface area contributed by atoms with Crippen molar-refractivity contribution in [2.75, 3.05) is 52.3 Å². The number of carbonyl (C=O) groups is 18. The van der Waals surface area contributed by atoms with E-state index in [0.29, 0.717) is 57.9 Å². The van der Waals surface area contributed by atoms with Crippen LogP contribution in [0.25, 0.3) is 10.9 Å². The number of likely N-dealkylation sites (N-methyl/N-ethyl adjacent to an activating group) is 3. The minimum absolute atomic E-state index is 0.169. The van der Waals surface area contributed by atoms with Gasteiger partial charge < -0.3 is 114 Å². The van der Waals surface area contributed by atoms with Gasteiger partial charge in [-0.2, -0.15) is 0 Å². The second kappa shape index (κ2) is 48.6. The molecule has 0 spiro atoms. The highest BCUT2D eigenvalue weighted by atomic mass is 32.2. The smallest absolute Gasteiger partial charge is 0.305 e. The van der Waals surface area contributed by atoms with Crippen molar-refractivity contribution >= 4 is 129 Å². The fourth-order valence-electron chi connectivity index (χ4n) is 16.2. The molecule has 726 valence electrons. The Morgan fingerprint density at radius 1 is 0.496 bits per heavy atom. The molecule has 0 saturated carbocycles. The normalized spacial score (nSPS) is 24.4. The molecule has 3 aliphatic rings. The molecule has 4 heterocycles. The maximum atomic E-state index is 15.7. The van der Waals surface area contributed by atoms with Crippen LogP contribution in [-0.4, -0.2) is 305 Å². The van der Waals surface area contributed by atoms with Crippen molar-refractivity contribution in [2.24, 2.45) is 17.4 Å². The monoisotopic (exact) mass is 1900 g/mol. The molecule has 19 N–H and O–H groups in total. The number of carboxylic acid groups (broad SMARTS) is 2. The van der Waals surface area contributed by atoms with E-state index >= 15 is 51.9 Å². The van der Waals surface area contributed by atoms with Crippen molar-refractivity contribution in [1.29, 1.82) is 0 Å². The lowest BCUT2D eigenvalue weighted by Gasteiger charge is -2.38. The first-order chi connectivity index (χ1) is 64.0. The Kier molecular flexibility index (Phi) is 37.7. The molecule has 135 heavy (non-hydrogen) atoms. The summed E-state index contributed by atoms with van der Waals surface area (Å²) in [6.07, 6.45) is -8.53. The number of carboxylic acids is 2. The number of aromatic amines is 1. The molecule has 0 bridgehead atoms. The number of benzene rings is 5. The number of unbranched alkanes of at least 4 members (excludes halogenated alkanes) is 1. The number of aromatic nitrogens is 1. The number of H-pyrrole nitrogens is 1. The number of rotatable bonds is 24. The fraction of sp³-hybridized carbons (Fsp3) is 0.451. The van der Waals surface area contributed by atoms with Gasteiger partial charge in [-0.3, -0.25) is 86.3 Å². The Bertz CT molecular complexity index is 5330. The lowest BCUT2D eigenvalue weighted by Crippen LogP contribution is -2.62. The van der Waals surface area contributed by atoms with Crippen molar-refractivity contribution in [3.8, 4) is 5.75 Å². The van der Waals surface area contributed by atoms with Crippen LogP contribution in [0.5, 0.6) is 5.75 Å². The molecule has 3 saturated heterocycles. The highest BCUT2D eigenvalue weighted by Crippen LogP contribution is 2.29. The molecule has 0 unspecified atom stereocenters. The standard InChI is InChI=1S/C91H112F3N17O23S/c1-7-8-23-67-90(133)111-44-55(114)38-70(111)86(129)103-63(39-75(118)119)83(126)106-78(47(2)3)91(134)108(5)68(34-48-17-11-9-12-18-48)84(127)104-65(40-76(120)121)88(131)110-43-54(113)37-69(110)85(128)102-62(36-52-41-97-59-22-16-15-21-56(52)59)82(125)101-61(32-50-24-26-53(112)27-25-50)81(124)100-60(28-29-72(95)115)80(123)105-66(79(122)98-42-73(96)116)45-135-46-74(117)99-64(33-51-30-57(92)77(94)58(93)31-51)87(130)109(6)71(89(132)107(67)4)35-49-19-13-10-14-20-49/h9-22,24-27,30-31,41,47,54-55,60-71,78,97,112-114H,7-8,23,28-29,32-40,42-46H2,1-6H3,(H2,95,115)(H2,96,116)(H,98,122)(H,99,117)(H,100,124)(H,101,125)(H,102,128)(H,103,129)(H,104,127)(H,105,123)(H,106,126)(H,118,119)(H,120,121)/t54-,55-,60-,61+,62+,63+,64-,65+,66+,67+,68-,69-,70-,71+,78+/m1/s1. The Morgan fingerprint density at radius 3 is 1.56 bits per heavy atom. The van der Waals surface area contributed by atoms with Gasteiger partial charge in [0.2, 0.25) is 94.5 Å². The van der Waals surface area contributed by atoms with E-state index in [1.54, 1.807) is 91.9 Å². The van der Waals surface area contributed by atoms with Crippen molar-refractivity contribution in [2.45, 2.75) is 201 Å². The molecule has 3 fully saturated rings. The Labute approximate surface area is 777 Å².